The standard InChI is InChI=1S/C14H19NO2/c1-17-14(6-8-15-9-7-14)10-12-2-4-13(11-16)5-3-12/h2-5,11,15H,6-10H2,1H3. The van der Waals surface area contributed by atoms with E-state index in [9.17, 15) is 4.79 Å². The van der Waals surface area contributed by atoms with E-state index < -0.39 is 0 Å². The topological polar surface area (TPSA) is 38.3 Å². The normalized spacial score (nSPS) is 18.9. The molecule has 1 aliphatic heterocycles. The summed E-state index contributed by atoms with van der Waals surface area (Å²) in [5.41, 5.74) is 1.93. The second-order valence-electron chi connectivity index (χ2n) is 4.67. The van der Waals surface area contributed by atoms with Crippen molar-refractivity contribution in [3.8, 4) is 0 Å². The van der Waals surface area contributed by atoms with Gasteiger partial charge in [-0.2, -0.15) is 0 Å². The molecule has 0 unspecified atom stereocenters. The number of hydrogen-bond donors (Lipinski definition) is 1. The molecule has 3 heteroatoms. The number of nitrogens with one attached hydrogen (secondary N) is 1. The van der Waals surface area contributed by atoms with Crippen molar-refractivity contribution in [2.45, 2.75) is 24.9 Å². The molecule has 1 aliphatic rings. The van der Waals surface area contributed by atoms with Gasteiger partial charge < -0.3 is 10.1 Å². The summed E-state index contributed by atoms with van der Waals surface area (Å²) in [4.78, 5) is 10.6. The van der Waals surface area contributed by atoms with Crippen LogP contribution in [0.3, 0.4) is 0 Å². The molecule has 0 spiro atoms. The second-order valence-corrected chi connectivity index (χ2v) is 4.67. The van der Waals surface area contributed by atoms with Gasteiger partial charge in [0.2, 0.25) is 0 Å². The van der Waals surface area contributed by atoms with E-state index in [4.69, 9.17) is 4.74 Å². The summed E-state index contributed by atoms with van der Waals surface area (Å²) >= 11 is 0. The fraction of sp³-hybridized carbons (Fsp3) is 0.500. The lowest BCUT2D eigenvalue weighted by molar-refractivity contribution is -0.0333. The molecule has 2 rings (SSSR count). The number of carbonyl (C=O) groups is 1. The quantitative estimate of drug-likeness (QED) is 0.806. The Morgan fingerprint density at radius 3 is 2.47 bits per heavy atom. The molecular formula is C14H19NO2. The van der Waals surface area contributed by atoms with Crippen LogP contribution in [0.15, 0.2) is 24.3 Å². The Labute approximate surface area is 102 Å². The summed E-state index contributed by atoms with van der Waals surface area (Å²) in [5.74, 6) is 0. The summed E-state index contributed by atoms with van der Waals surface area (Å²) in [5, 5.41) is 3.35. The van der Waals surface area contributed by atoms with Crippen LogP contribution in [0.4, 0.5) is 0 Å². The number of aldehydes is 1. The summed E-state index contributed by atoms with van der Waals surface area (Å²) in [6.07, 6.45) is 3.88. The zero-order valence-electron chi connectivity index (χ0n) is 10.2. The van der Waals surface area contributed by atoms with Crippen molar-refractivity contribution < 1.29 is 9.53 Å². The van der Waals surface area contributed by atoms with E-state index in [0.29, 0.717) is 0 Å². The molecule has 1 fully saturated rings. The van der Waals surface area contributed by atoms with E-state index in [1.807, 2.05) is 24.3 Å². The first kappa shape index (κ1) is 12.3. The Kier molecular flexibility index (Phi) is 3.92. The third kappa shape index (κ3) is 2.93. The van der Waals surface area contributed by atoms with Crippen LogP contribution in [0.25, 0.3) is 0 Å². The highest BCUT2D eigenvalue weighted by Crippen LogP contribution is 2.27. The number of methoxy groups -OCH3 is 1. The van der Waals surface area contributed by atoms with Crippen LogP contribution in [-0.4, -0.2) is 32.1 Å². The number of ether oxygens (including phenoxy) is 1. The van der Waals surface area contributed by atoms with Crippen LogP contribution in [0, 0.1) is 0 Å². The van der Waals surface area contributed by atoms with Crippen LogP contribution in [0.5, 0.6) is 0 Å². The lowest BCUT2D eigenvalue weighted by Crippen LogP contribution is -2.44. The van der Waals surface area contributed by atoms with Gasteiger partial charge in [-0.1, -0.05) is 24.3 Å². The first-order valence-electron chi connectivity index (χ1n) is 6.08. The number of carbonyl (C=O) groups excluding carboxylic acids is 1. The average Bonchev–Trinajstić information content (AvgIpc) is 2.41. The van der Waals surface area contributed by atoms with Gasteiger partial charge in [-0.15, -0.1) is 0 Å². The molecule has 0 radical (unpaired) electrons. The maximum atomic E-state index is 10.6. The van der Waals surface area contributed by atoms with Gasteiger partial charge in [0.05, 0.1) is 5.60 Å². The summed E-state index contributed by atoms with van der Waals surface area (Å²) in [7, 11) is 1.80. The zero-order chi connectivity index (χ0) is 12.1. The van der Waals surface area contributed by atoms with Gasteiger partial charge in [-0.3, -0.25) is 4.79 Å². The highest BCUT2D eigenvalue weighted by molar-refractivity contribution is 5.74. The SMILES string of the molecule is COC1(Cc2ccc(C=O)cc2)CCNCC1. The van der Waals surface area contributed by atoms with E-state index in [1.165, 1.54) is 5.56 Å². The van der Waals surface area contributed by atoms with E-state index in [1.54, 1.807) is 7.11 Å². The van der Waals surface area contributed by atoms with Crippen molar-refractivity contribution in [2.24, 2.45) is 0 Å². The number of piperidine rings is 1. The molecule has 1 aromatic rings. The Balaban J connectivity index is 2.08. The molecule has 92 valence electrons. The van der Waals surface area contributed by atoms with E-state index >= 15 is 0 Å². The summed E-state index contributed by atoms with van der Waals surface area (Å²) in [6, 6.07) is 7.78. The van der Waals surface area contributed by atoms with E-state index in [0.717, 1.165) is 44.2 Å². The van der Waals surface area contributed by atoms with Gasteiger partial charge in [0.25, 0.3) is 0 Å². The van der Waals surface area contributed by atoms with Crippen LogP contribution >= 0.6 is 0 Å². The molecular weight excluding hydrogens is 214 g/mol. The summed E-state index contributed by atoms with van der Waals surface area (Å²) in [6.45, 7) is 2.03. The molecule has 17 heavy (non-hydrogen) atoms. The van der Waals surface area contributed by atoms with Crippen molar-refractivity contribution in [3.05, 3.63) is 35.4 Å². The Morgan fingerprint density at radius 1 is 1.29 bits per heavy atom. The molecule has 0 aromatic heterocycles. The molecule has 0 saturated carbocycles. The molecule has 1 aromatic carbocycles. The van der Waals surface area contributed by atoms with Gasteiger partial charge >= 0.3 is 0 Å². The molecule has 0 aliphatic carbocycles. The van der Waals surface area contributed by atoms with Crippen LogP contribution in [0.2, 0.25) is 0 Å². The van der Waals surface area contributed by atoms with Crippen molar-refractivity contribution in [3.63, 3.8) is 0 Å². The minimum absolute atomic E-state index is 0.0338. The molecule has 0 bridgehead atoms. The van der Waals surface area contributed by atoms with Crippen LogP contribution < -0.4 is 5.32 Å². The minimum Gasteiger partial charge on any atom is -0.378 e. The Morgan fingerprint density at radius 2 is 1.94 bits per heavy atom. The van der Waals surface area contributed by atoms with Crippen molar-refractivity contribution in [1.82, 2.24) is 5.32 Å². The number of hydrogen-bond acceptors (Lipinski definition) is 3. The predicted molar refractivity (Wildman–Crippen MR) is 67.4 cm³/mol. The maximum Gasteiger partial charge on any atom is 0.150 e. The summed E-state index contributed by atoms with van der Waals surface area (Å²) < 4.78 is 5.73. The third-order valence-electron chi connectivity index (χ3n) is 3.59. The molecule has 1 saturated heterocycles. The van der Waals surface area contributed by atoms with Crippen LogP contribution in [0.1, 0.15) is 28.8 Å². The lowest BCUT2D eigenvalue weighted by atomic mass is 9.85. The molecule has 0 amide bonds. The van der Waals surface area contributed by atoms with Gasteiger partial charge in [-0.05, 0) is 31.5 Å². The monoisotopic (exact) mass is 233 g/mol. The average molecular weight is 233 g/mol. The fourth-order valence-electron chi connectivity index (χ4n) is 2.42. The van der Waals surface area contributed by atoms with Gasteiger partial charge in [-0.25, -0.2) is 0 Å². The molecule has 1 heterocycles. The highest BCUT2D eigenvalue weighted by Gasteiger charge is 2.31. The second kappa shape index (κ2) is 5.43. The van der Waals surface area contributed by atoms with E-state index in [-0.39, 0.29) is 5.60 Å². The third-order valence-corrected chi connectivity index (χ3v) is 3.59. The number of benzene rings is 1. The van der Waals surface area contributed by atoms with Gasteiger partial charge in [0.15, 0.2) is 0 Å². The minimum atomic E-state index is -0.0338. The smallest absolute Gasteiger partial charge is 0.150 e. The predicted octanol–water partition coefficient (Wildman–Crippen LogP) is 1.81. The van der Waals surface area contributed by atoms with Crippen molar-refractivity contribution in [1.29, 1.82) is 0 Å². The van der Waals surface area contributed by atoms with E-state index in [2.05, 4.69) is 5.32 Å². The molecule has 3 nitrogen and oxygen atoms in total. The first-order chi connectivity index (χ1) is 8.28. The Bertz CT molecular complexity index is 366. The maximum absolute atomic E-state index is 10.6. The van der Waals surface area contributed by atoms with Gasteiger partial charge in [0.1, 0.15) is 6.29 Å². The lowest BCUT2D eigenvalue weighted by Gasteiger charge is -2.36. The van der Waals surface area contributed by atoms with Crippen molar-refractivity contribution >= 4 is 6.29 Å². The van der Waals surface area contributed by atoms with Crippen molar-refractivity contribution in [2.75, 3.05) is 20.2 Å². The first-order valence-corrected chi connectivity index (χ1v) is 6.08. The van der Waals surface area contributed by atoms with Crippen LogP contribution in [-0.2, 0) is 11.2 Å². The largest absolute Gasteiger partial charge is 0.378 e. The molecule has 0 atom stereocenters. The zero-order valence-corrected chi connectivity index (χ0v) is 10.2. The fourth-order valence-corrected chi connectivity index (χ4v) is 2.42. The number of rotatable bonds is 4. The molecule has 1 N–H and O–H groups in total. The highest BCUT2D eigenvalue weighted by atomic mass is 16.5. The Hall–Kier alpha value is -1.19. The van der Waals surface area contributed by atoms with Gasteiger partial charge in [0, 0.05) is 19.1 Å².